The molecule has 0 spiro atoms. The van der Waals surface area contributed by atoms with Crippen LogP contribution in [0, 0.1) is 6.92 Å². The number of halogens is 1. The average Bonchev–Trinajstić information content (AvgIpc) is 3.01. The van der Waals surface area contributed by atoms with E-state index in [4.69, 9.17) is 0 Å². The predicted molar refractivity (Wildman–Crippen MR) is 100 cm³/mol. The van der Waals surface area contributed by atoms with Crippen LogP contribution in [0.2, 0.25) is 0 Å². The lowest BCUT2D eigenvalue weighted by molar-refractivity contribution is -0.885. The van der Waals surface area contributed by atoms with Gasteiger partial charge in [0.15, 0.2) is 6.54 Å². The summed E-state index contributed by atoms with van der Waals surface area (Å²) in [6.07, 6.45) is 0. The first-order chi connectivity index (χ1) is 11.4. The van der Waals surface area contributed by atoms with Crippen molar-refractivity contribution in [1.29, 1.82) is 0 Å². The average molecular weight is 411 g/mol. The van der Waals surface area contributed by atoms with Crippen LogP contribution in [-0.4, -0.2) is 32.0 Å². The number of hydrogen-bond acceptors (Lipinski definition) is 3. The van der Waals surface area contributed by atoms with Crippen LogP contribution in [-0.2, 0) is 16.1 Å². The summed E-state index contributed by atoms with van der Waals surface area (Å²) >= 11 is 5.06. The fourth-order valence-electron chi connectivity index (χ4n) is 2.25. The number of carbonyl (C=O) groups excluding carboxylic acids is 2. The Morgan fingerprint density at radius 3 is 2.71 bits per heavy atom. The third-order valence-corrected chi connectivity index (χ3v) is 4.80. The molecule has 1 aromatic carbocycles. The fraction of sp³-hybridized carbons (Fsp3) is 0.294. The van der Waals surface area contributed by atoms with Crippen LogP contribution in [0.1, 0.15) is 10.4 Å². The Balaban J connectivity index is 1.73. The van der Waals surface area contributed by atoms with E-state index in [2.05, 4.69) is 32.6 Å². The number of rotatable bonds is 7. The summed E-state index contributed by atoms with van der Waals surface area (Å²) in [6, 6.07) is 9.68. The quantitative estimate of drug-likeness (QED) is 0.648. The Morgan fingerprint density at radius 1 is 1.25 bits per heavy atom. The van der Waals surface area contributed by atoms with Gasteiger partial charge in [0.2, 0.25) is 5.91 Å². The van der Waals surface area contributed by atoms with E-state index in [-0.39, 0.29) is 18.4 Å². The minimum absolute atomic E-state index is 0.0272. The van der Waals surface area contributed by atoms with Crippen molar-refractivity contribution in [1.82, 2.24) is 5.32 Å². The third-order valence-electron chi connectivity index (χ3n) is 3.43. The Labute approximate surface area is 154 Å². The highest BCUT2D eigenvalue weighted by atomic mass is 79.9. The molecule has 2 rings (SSSR count). The van der Waals surface area contributed by atoms with E-state index in [0.29, 0.717) is 6.54 Å². The van der Waals surface area contributed by atoms with Crippen molar-refractivity contribution < 1.29 is 14.5 Å². The van der Waals surface area contributed by atoms with E-state index >= 15 is 0 Å². The molecule has 1 aromatic heterocycles. The van der Waals surface area contributed by atoms with Crippen LogP contribution in [0.5, 0.6) is 0 Å². The van der Waals surface area contributed by atoms with Gasteiger partial charge in [-0.1, -0.05) is 22.0 Å². The lowest BCUT2D eigenvalue weighted by Gasteiger charge is -2.13. The molecule has 1 atom stereocenters. The lowest BCUT2D eigenvalue weighted by Crippen LogP contribution is -3.08. The van der Waals surface area contributed by atoms with Gasteiger partial charge in [-0.15, -0.1) is 11.3 Å². The van der Waals surface area contributed by atoms with Crippen molar-refractivity contribution in [3.8, 4) is 0 Å². The number of thiophene rings is 1. The van der Waals surface area contributed by atoms with Crippen molar-refractivity contribution in [2.75, 3.05) is 25.5 Å². The summed E-state index contributed by atoms with van der Waals surface area (Å²) in [7, 11) is 1.96. The van der Waals surface area contributed by atoms with Crippen molar-refractivity contribution in [3.63, 3.8) is 0 Å². The monoisotopic (exact) mass is 410 g/mol. The largest absolute Gasteiger partial charge is 0.342 e. The smallest absolute Gasteiger partial charge is 0.275 e. The van der Waals surface area contributed by atoms with Crippen molar-refractivity contribution >= 4 is 44.8 Å². The highest BCUT2D eigenvalue weighted by Crippen LogP contribution is 2.19. The van der Waals surface area contributed by atoms with Gasteiger partial charge in [-0.25, -0.2) is 0 Å². The summed E-state index contributed by atoms with van der Waals surface area (Å²) < 4.78 is 0.961. The summed E-state index contributed by atoms with van der Waals surface area (Å²) in [5.41, 5.74) is 1.71. The maximum absolute atomic E-state index is 12.0. The second-order valence-electron chi connectivity index (χ2n) is 5.67. The Morgan fingerprint density at radius 2 is 2.04 bits per heavy atom. The molecule has 0 fully saturated rings. The van der Waals surface area contributed by atoms with E-state index < -0.39 is 0 Å². The molecule has 5 nitrogen and oxygen atoms in total. The zero-order valence-electron chi connectivity index (χ0n) is 13.7. The molecule has 0 aliphatic heterocycles. The summed E-state index contributed by atoms with van der Waals surface area (Å²) in [4.78, 5) is 26.2. The van der Waals surface area contributed by atoms with E-state index in [0.717, 1.165) is 27.2 Å². The molecule has 1 heterocycles. The highest BCUT2D eigenvalue weighted by molar-refractivity contribution is 9.10. The van der Waals surface area contributed by atoms with Gasteiger partial charge in [0.1, 0.15) is 6.54 Å². The molecule has 7 heteroatoms. The van der Waals surface area contributed by atoms with Crippen LogP contribution >= 0.6 is 27.3 Å². The van der Waals surface area contributed by atoms with Gasteiger partial charge in [-0.05, 0) is 42.1 Å². The molecule has 0 radical (unpaired) electrons. The second kappa shape index (κ2) is 8.96. The molecule has 0 aliphatic rings. The van der Waals surface area contributed by atoms with Gasteiger partial charge >= 0.3 is 0 Å². The molecule has 2 amide bonds. The summed E-state index contributed by atoms with van der Waals surface area (Å²) in [5, 5.41) is 7.49. The molecule has 2 aromatic rings. The number of nitrogens with one attached hydrogen (secondary N) is 3. The van der Waals surface area contributed by atoms with Gasteiger partial charge in [-0.2, -0.15) is 0 Å². The number of hydrogen-bond donors (Lipinski definition) is 3. The van der Waals surface area contributed by atoms with Crippen LogP contribution in [0.15, 0.2) is 40.2 Å². The van der Waals surface area contributed by atoms with E-state index in [1.165, 1.54) is 4.88 Å². The first-order valence-electron chi connectivity index (χ1n) is 7.60. The molecule has 3 N–H and O–H groups in total. The van der Waals surface area contributed by atoms with Gasteiger partial charge in [0, 0.05) is 10.2 Å². The zero-order chi connectivity index (χ0) is 17.5. The molecule has 0 saturated heterocycles. The number of carbonyl (C=O) groups is 2. The summed E-state index contributed by atoms with van der Waals surface area (Å²) in [6.45, 7) is 3.03. The number of amides is 2. The van der Waals surface area contributed by atoms with Gasteiger partial charge in [0.05, 0.1) is 18.5 Å². The maximum Gasteiger partial charge on any atom is 0.275 e. The van der Waals surface area contributed by atoms with Gasteiger partial charge in [0.25, 0.3) is 5.91 Å². The number of aryl methyl sites for hydroxylation is 1. The minimum atomic E-state index is -0.232. The number of anilines is 1. The Kier molecular flexibility index (Phi) is 6.96. The summed E-state index contributed by atoms with van der Waals surface area (Å²) in [5.74, 6) is -0.364. The van der Waals surface area contributed by atoms with Crippen molar-refractivity contribution in [3.05, 3.63) is 50.6 Å². The Bertz CT molecular complexity index is 704. The van der Waals surface area contributed by atoms with E-state index in [1.54, 1.807) is 11.3 Å². The molecular weight excluding hydrogens is 390 g/mol. The normalized spacial score (nSPS) is 11.8. The molecule has 24 heavy (non-hydrogen) atoms. The molecular formula is C17H21BrN3O2S+. The molecule has 0 saturated carbocycles. The zero-order valence-corrected chi connectivity index (χ0v) is 16.1. The highest BCUT2D eigenvalue weighted by Gasteiger charge is 2.12. The van der Waals surface area contributed by atoms with E-state index in [9.17, 15) is 9.59 Å². The molecule has 0 bridgehead atoms. The minimum Gasteiger partial charge on any atom is -0.342 e. The van der Waals surface area contributed by atoms with Crippen LogP contribution in [0.3, 0.4) is 0 Å². The Hall–Kier alpha value is -1.70. The van der Waals surface area contributed by atoms with Crippen molar-refractivity contribution in [2.45, 2.75) is 13.5 Å². The van der Waals surface area contributed by atoms with Gasteiger partial charge in [-0.3, -0.25) is 9.59 Å². The van der Waals surface area contributed by atoms with Crippen LogP contribution in [0.4, 0.5) is 5.69 Å². The lowest BCUT2D eigenvalue weighted by atomic mass is 10.2. The standard InChI is InChI=1S/C17H20BrN3O2S/c1-12-8-13(18)5-6-15(12)20-16(22)9-19-17(23)11-21(2)10-14-4-3-7-24-14/h3-8H,9-11H2,1-2H3,(H,19,23)(H,20,22)/p+1. The first-order valence-corrected chi connectivity index (χ1v) is 9.27. The van der Waals surface area contributed by atoms with Crippen LogP contribution in [0.25, 0.3) is 0 Å². The number of quaternary nitrogens is 1. The molecule has 0 aliphatic carbocycles. The first kappa shape index (κ1) is 18.6. The maximum atomic E-state index is 12.0. The second-order valence-corrected chi connectivity index (χ2v) is 7.62. The fourth-order valence-corrected chi connectivity index (χ4v) is 3.54. The predicted octanol–water partition coefficient (Wildman–Crippen LogP) is 1.59. The van der Waals surface area contributed by atoms with Crippen LogP contribution < -0.4 is 15.5 Å². The number of benzene rings is 1. The topological polar surface area (TPSA) is 62.6 Å². The van der Waals surface area contributed by atoms with E-state index in [1.807, 2.05) is 43.6 Å². The van der Waals surface area contributed by atoms with Gasteiger partial charge < -0.3 is 15.5 Å². The SMILES string of the molecule is Cc1cc(Br)ccc1NC(=O)CNC(=O)C[NH+](C)Cc1cccs1. The third kappa shape index (κ3) is 6.07. The molecule has 1 unspecified atom stereocenters. The number of likely N-dealkylation sites (N-methyl/N-ethyl adjacent to an activating group) is 1. The molecule has 128 valence electrons. The van der Waals surface area contributed by atoms with Crippen molar-refractivity contribution in [2.24, 2.45) is 0 Å².